The van der Waals surface area contributed by atoms with Crippen LogP contribution in [0.15, 0.2) is 4.52 Å². The van der Waals surface area contributed by atoms with Gasteiger partial charge < -0.3 is 14.2 Å². The fourth-order valence-corrected chi connectivity index (χ4v) is 1.77. The monoisotopic (exact) mass is 268 g/mol. The van der Waals surface area contributed by atoms with Gasteiger partial charge in [0, 0.05) is 6.04 Å². The standard InChI is InChI=1S/C13H20N2O4/c1-6-18-11(16)7-15(8(2)3)13(17)12-9(4)14-19-10(12)5/h8H,6-7H2,1-5H3. The lowest BCUT2D eigenvalue weighted by atomic mass is 10.1. The summed E-state index contributed by atoms with van der Waals surface area (Å²) in [5, 5.41) is 3.76. The van der Waals surface area contributed by atoms with Gasteiger partial charge in [-0.25, -0.2) is 0 Å². The van der Waals surface area contributed by atoms with E-state index in [0.717, 1.165) is 0 Å². The zero-order valence-electron chi connectivity index (χ0n) is 12.0. The minimum Gasteiger partial charge on any atom is -0.465 e. The highest BCUT2D eigenvalue weighted by atomic mass is 16.5. The molecule has 0 fully saturated rings. The van der Waals surface area contributed by atoms with Gasteiger partial charge in [0.05, 0.1) is 12.3 Å². The van der Waals surface area contributed by atoms with Gasteiger partial charge in [0.25, 0.3) is 5.91 Å². The highest BCUT2D eigenvalue weighted by molar-refractivity contribution is 5.97. The summed E-state index contributed by atoms with van der Waals surface area (Å²) in [6.07, 6.45) is 0. The number of ether oxygens (including phenoxy) is 1. The van der Waals surface area contributed by atoms with E-state index in [4.69, 9.17) is 9.26 Å². The lowest BCUT2D eigenvalue weighted by Gasteiger charge is -2.25. The van der Waals surface area contributed by atoms with Crippen molar-refractivity contribution in [2.24, 2.45) is 0 Å². The molecule has 19 heavy (non-hydrogen) atoms. The number of aryl methyl sites for hydroxylation is 2. The van der Waals surface area contributed by atoms with Gasteiger partial charge >= 0.3 is 5.97 Å². The van der Waals surface area contributed by atoms with E-state index >= 15 is 0 Å². The average Bonchev–Trinajstić information content (AvgIpc) is 2.65. The molecule has 0 N–H and O–H groups in total. The second-order valence-electron chi connectivity index (χ2n) is 4.53. The van der Waals surface area contributed by atoms with Gasteiger partial charge in [0.15, 0.2) is 0 Å². The van der Waals surface area contributed by atoms with Gasteiger partial charge in [0.2, 0.25) is 0 Å². The minimum absolute atomic E-state index is 0.0750. The highest BCUT2D eigenvalue weighted by Gasteiger charge is 2.27. The average molecular weight is 268 g/mol. The fourth-order valence-electron chi connectivity index (χ4n) is 1.77. The molecule has 0 unspecified atom stereocenters. The summed E-state index contributed by atoms with van der Waals surface area (Å²) in [5.74, 6) is -0.229. The highest BCUT2D eigenvalue weighted by Crippen LogP contribution is 2.16. The Balaban J connectivity index is 2.94. The van der Waals surface area contributed by atoms with Crippen molar-refractivity contribution in [3.63, 3.8) is 0 Å². The van der Waals surface area contributed by atoms with Crippen molar-refractivity contribution in [2.45, 2.75) is 40.7 Å². The minimum atomic E-state index is -0.420. The Kier molecular flexibility index (Phi) is 5.09. The summed E-state index contributed by atoms with van der Waals surface area (Å²) in [6, 6.07) is -0.120. The molecule has 0 aliphatic rings. The summed E-state index contributed by atoms with van der Waals surface area (Å²) >= 11 is 0. The maximum Gasteiger partial charge on any atom is 0.325 e. The van der Waals surface area contributed by atoms with Gasteiger partial charge in [0.1, 0.15) is 17.9 Å². The van der Waals surface area contributed by atoms with Gasteiger partial charge in [-0.15, -0.1) is 0 Å². The molecule has 1 aromatic heterocycles. The molecule has 1 amide bonds. The SMILES string of the molecule is CCOC(=O)CN(C(=O)c1c(C)noc1C)C(C)C. The second kappa shape index (κ2) is 6.36. The van der Waals surface area contributed by atoms with Gasteiger partial charge in [-0.3, -0.25) is 9.59 Å². The Labute approximate surface area is 112 Å². The molecule has 106 valence electrons. The molecule has 0 saturated carbocycles. The van der Waals surface area contributed by atoms with Crippen molar-refractivity contribution in [2.75, 3.05) is 13.2 Å². The maximum atomic E-state index is 12.4. The van der Waals surface area contributed by atoms with Crippen molar-refractivity contribution in [1.29, 1.82) is 0 Å². The fraction of sp³-hybridized carbons (Fsp3) is 0.615. The van der Waals surface area contributed by atoms with E-state index in [1.807, 2.05) is 13.8 Å². The molecule has 0 aliphatic carbocycles. The Morgan fingerprint density at radius 1 is 1.37 bits per heavy atom. The topological polar surface area (TPSA) is 72.6 Å². The maximum absolute atomic E-state index is 12.4. The predicted molar refractivity (Wildman–Crippen MR) is 68.8 cm³/mol. The number of aromatic nitrogens is 1. The van der Waals surface area contributed by atoms with E-state index < -0.39 is 5.97 Å². The largest absolute Gasteiger partial charge is 0.465 e. The van der Waals surface area contributed by atoms with Gasteiger partial charge in [-0.1, -0.05) is 5.16 Å². The molecule has 6 heteroatoms. The molecule has 0 atom stereocenters. The lowest BCUT2D eigenvalue weighted by Crippen LogP contribution is -2.41. The number of carbonyl (C=O) groups excluding carboxylic acids is 2. The molecule has 1 rings (SSSR count). The Bertz CT molecular complexity index is 446. The molecule has 0 radical (unpaired) electrons. The van der Waals surface area contributed by atoms with E-state index in [1.165, 1.54) is 4.90 Å². The van der Waals surface area contributed by atoms with Crippen molar-refractivity contribution in [3.05, 3.63) is 17.0 Å². The van der Waals surface area contributed by atoms with Gasteiger partial charge in [-0.2, -0.15) is 0 Å². The normalized spacial score (nSPS) is 10.6. The molecule has 0 aromatic carbocycles. The number of hydrogen-bond donors (Lipinski definition) is 0. The van der Waals surface area contributed by atoms with Crippen LogP contribution < -0.4 is 0 Å². The third-order valence-electron chi connectivity index (χ3n) is 2.74. The molecular formula is C13H20N2O4. The van der Waals surface area contributed by atoms with Crippen LogP contribution in [0.1, 0.15) is 42.6 Å². The summed E-state index contributed by atoms with van der Waals surface area (Å²) in [7, 11) is 0. The first kappa shape index (κ1) is 15.2. The van der Waals surface area contributed by atoms with E-state index in [9.17, 15) is 9.59 Å². The summed E-state index contributed by atoms with van der Waals surface area (Å²) < 4.78 is 9.86. The number of esters is 1. The van der Waals surface area contributed by atoms with Crippen LogP contribution in [-0.4, -0.2) is 41.1 Å². The molecule has 1 aromatic rings. The van der Waals surface area contributed by atoms with E-state index in [2.05, 4.69) is 5.16 Å². The first-order valence-electron chi connectivity index (χ1n) is 6.27. The van der Waals surface area contributed by atoms with Crippen LogP contribution in [0.5, 0.6) is 0 Å². The zero-order valence-corrected chi connectivity index (χ0v) is 12.0. The first-order valence-corrected chi connectivity index (χ1v) is 6.27. The quantitative estimate of drug-likeness (QED) is 0.760. The van der Waals surface area contributed by atoms with E-state index in [-0.39, 0.29) is 18.5 Å². The third kappa shape index (κ3) is 3.56. The van der Waals surface area contributed by atoms with Crippen LogP contribution >= 0.6 is 0 Å². The number of amides is 1. The Hall–Kier alpha value is -1.85. The summed E-state index contributed by atoms with van der Waals surface area (Å²) in [6.45, 7) is 9.01. The summed E-state index contributed by atoms with van der Waals surface area (Å²) in [4.78, 5) is 25.4. The predicted octanol–water partition coefficient (Wildman–Crippen LogP) is 1.71. The Morgan fingerprint density at radius 2 is 2.00 bits per heavy atom. The smallest absolute Gasteiger partial charge is 0.325 e. The Morgan fingerprint density at radius 3 is 2.42 bits per heavy atom. The summed E-state index contributed by atoms with van der Waals surface area (Å²) in [5.41, 5.74) is 0.940. The molecule has 0 bridgehead atoms. The molecule has 0 spiro atoms. The second-order valence-corrected chi connectivity index (χ2v) is 4.53. The van der Waals surface area contributed by atoms with Crippen LogP contribution in [0.25, 0.3) is 0 Å². The molecule has 0 aliphatic heterocycles. The number of rotatable bonds is 5. The van der Waals surface area contributed by atoms with Crippen LogP contribution in [-0.2, 0) is 9.53 Å². The zero-order chi connectivity index (χ0) is 14.6. The van der Waals surface area contributed by atoms with Crippen LogP contribution in [0.4, 0.5) is 0 Å². The molecule has 0 saturated heterocycles. The van der Waals surface area contributed by atoms with Crippen LogP contribution in [0.2, 0.25) is 0 Å². The van der Waals surface area contributed by atoms with Gasteiger partial charge in [-0.05, 0) is 34.6 Å². The van der Waals surface area contributed by atoms with Crippen LogP contribution in [0.3, 0.4) is 0 Å². The van der Waals surface area contributed by atoms with Crippen molar-refractivity contribution in [3.8, 4) is 0 Å². The number of hydrogen-bond acceptors (Lipinski definition) is 5. The molecule has 6 nitrogen and oxygen atoms in total. The van der Waals surface area contributed by atoms with Crippen molar-refractivity contribution >= 4 is 11.9 Å². The van der Waals surface area contributed by atoms with E-state index in [1.54, 1.807) is 20.8 Å². The third-order valence-corrected chi connectivity index (χ3v) is 2.74. The van der Waals surface area contributed by atoms with Crippen molar-refractivity contribution < 1.29 is 18.8 Å². The number of carbonyl (C=O) groups is 2. The first-order chi connectivity index (χ1) is 8.88. The van der Waals surface area contributed by atoms with Crippen molar-refractivity contribution in [1.82, 2.24) is 10.1 Å². The lowest BCUT2D eigenvalue weighted by molar-refractivity contribution is -0.144. The molecular weight excluding hydrogens is 248 g/mol. The van der Waals surface area contributed by atoms with Crippen LogP contribution in [0, 0.1) is 13.8 Å². The number of nitrogens with zero attached hydrogens (tertiary/aromatic N) is 2. The van der Waals surface area contributed by atoms with E-state index in [0.29, 0.717) is 23.6 Å². The molecule has 1 heterocycles.